The van der Waals surface area contributed by atoms with E-state index in [9.17, 15) is 0 Å². The molecule has 0 aromatic carbocycles. The summed E-state index contributed by atoms with van der Waals surface area (Å²) in [7, 11) is 0. The van der Waals surface area contributed by atoms with Crippen LogP contribution in [0, 0.1) is 17.2 Å². The molecular weight excluding hydrogens is 196 g/mol. The summed E-state index contributed by atoms with van der Waals surface area (Å²) in [5, 5.41) is 8.96. The highest BCUT2D eigenvalue weighted by Crippen LogP contribution is 2.34. The first kappa shape index (κ1) is 11.7. The van der Waals surface area contributed by atoms with Crippen LogP contribution in [0.4, 0.5) is 0 Å². The maximum absolute atomic E-state index is 8.96. The number of hydrogen-bond acceptors (Lipinski definition) is 2. The Morgan fingerprint density at radius 2 is 2.44 bits per heavy atom. The molecule has 0 aromatic heterocycles. The van der Waals surface area contributed by atoms with Gasteiger partial charge in [0.2, 0.25) is 0 Å². The van der Waals surface area contributed by atoms with Gasteiger partial charge in [-0.15, -0.1) is 0 Å². The Bertz CT molecular complexity index is 300. The first-order valence-corrected chi connectivity index (χ1v) is 6.68. The van der Waals surface area contributed by atoms with E-state index in [1.54, 1.807) is 0 Å². The van der Waals surface area contributed by atoms with Crippen LogP contribution in [0.5, 0.6) is 0 Å². The van der Waals surface area contributed by atoms with E-state index in [4.69, 9.17) is 5.26 Å². The van der Waals surface area contributed by atoms with Crippen molar-refractivity contribution in [1.29, 1.82) is 5.26 Å². The van der Waals surface area contributed by atoms with Gasteiger partial charge < -0.3 is 0 Å². The van der Waals surface area contributed by atoms with Crippen molar-refractivity contribution < 1.29 is 0 Å². The summed E-state index contributed by atoms with van der Waals surface area (Å²) in [6.07, 6.45) is 9.56. The number of fused-ring (bicyclic) bond motifs is 1. The quantitative estimate of drug-likeness (QED) is 0.727. The van der Waals surface area contributed by atoms with Gasteiger partial charge in [0.15, 0.2) is 0 Å². The summed E-state index contributed by atoms with van der Waals surface area (Å²) in [6.45, 7) is 4.79. The third kappa shape index (κ3) is 2.47. The second kappa shape index (κ2) is 5.50. The van der Waals surface area contributed by atoms with Gasteiger partial charge in [-0.05, 0) is 51.1 Å². The standard InChI is InChI=1S/C14H22N2/c1-2-3-8-16-9-4-5-13-10-12(11-15)6-7-14(13)16/h6,13-14H,2-5,7-10H2,1H3. The Balaban J connectivity index is 1.99. The number of unbranched alkanes of at least 4 members (excludes halogenated alkanes) is 1. The molecule has 0 N–H and O–H groups in total. The van der Waals surface area contributed by atoms with Crippen molar-refractivity contribution >= 4 is 0 Å². The van der Waals surface area contributed by atoms with Crippen LogP contribution < -0.4 is 0 Å². The van der Waals surface area contributed by atoms with Gasteiger partial charge in [-0.25, -0.2) is 0 Å². The molecule has 0 bridgehead atoms. The van der Waals surface area contributed by atoms with E-state index in [-0.39, 0.29) is 0 Å². The van der Waals surface area contributed by atoms with Crippen LogP contribution in [-0.2, 0) is 0 Å². The smallest absolute Gasteiger partial charge is 0.0943 e. The zero-order valence-electron chi connectivity index (χ0n) is 10.3. The Hall–Kier alpha value is -0.810. The number of piperidine rings is 1. The molecule has 16 heavy (non-hydrogen) atoms. The lowest BCUT2D eigenvalue weighted by Gasteiger charge is -2.43. The summed E-state index contributed by atoms with van der Waals surface area (Å²) in [5.41, 5.74) is 1.03. The van der Waals surface area contributed by atoms with E-state index in [1.165, 1.54) is 38.8 Å². The predicted molar refractivity (Wildman–Crippen MR) is 65.9 cm³/mol. The van der Waals surface area contributed by atoms with Crippen LogP contribution in [0.25, 0.3) is 0 Å². The van der Waals surface area contributed by atoms with Crippen molar-refractivity contribution in [1.82, 2.24) is 4.90 Å². The van der Waals surface area contributed by atoms with Crippen molar-refractivity contribution in [2.24, 2.45) is 5.92 Å². The lowest BCUT2D eigenvalue weighted by atomic mass is 9.78. The minimum Gasteiger partial charge on any atom is -0.300 e. The highest BCUT2D eigenvalue weighted by molar-refractivity contribution is 5.24. The molecule has 1 aliphatic heterocycles. The van der Waals surface area contributed by atoms with E-state index in [0.717, 1.165) is 30.4 Å². The monoisotopic (exact) mass is 218 g/mol. The average molecular weight is 218 g/mol. The summed E-state index contributed by atoms with van der Waals surface area (Å²) in [5.74, 6) is 0.755. The average Bonchev–Trinajstić information content (AvgIpc) is 2.35. The van der Waals surface area contributed by atoms with Gasteiger partial charge in [0.1, 0.15) is 0 Å². The Kier molecular flexibility index (Phi) is 4.01. The fourth-order valence-electron chi connectivity index (χ4n) is 3.15. The Morgan fingerprint density at radius 3 is 3.19 bits per heavy atom. The first-order valence-electron chi connectivity index (χ1n) is 6.68. The molecule has 2 aliphatic rings. The lowest BCUT2D eigenvalue weighted by molar-refractivity contribution is 0.0878. The van der Waals surface area contributed by atoms with Crippen molar-refractivity contribution in [3.63, 3.8) is 0 Å². The number of nitrogens with zero attached hydrogens (tertiary/aromatic N) is 2. The van der Waals surface area contributed by atoms with Crippen LogP contribution >= 0.6 is 0 Å². The van der Waals surface area contributed by atoms with Crippen molar-refractivity contribution in [2.75, 3.05) is 13.1 Å². The lowest BCUT2D eigenvalue weighted by Crippen LogP contribution is -2.46. The summed E-state index contributed by atoms with van der Waals surface area (Å²) in [6, 6.07) is 3.07. The molecular formula is C14H22N2. The molecule has 0 spiro atoms. The van der Waals surface area contributed by atoms with E-state index in [0.29, 0.717) is 0 Å². The topological polar surface area (TPSA) is 27.0 Å². The SMILES string of the molecule is CCCCN1CCCC2CC(C#N)=CCC21. The van der Waals surface area contributed by atoms with Crippen LogP contribution in [0.15, 0.2) is 11.6 Å². The van der Waals surface area contributed by atoms with Crippen LogP contribution in [0.1, 0.15) is 45.4 Å². The first-order chi connectivity index (χ1) is 7.85. The molecule has 2 atom stereocenters. The predicted octanol–water partition coefficient (Wildman–Crippen LogP) is 3.11. The molecule has 2 nitrogen and oxygen atoms in total. The van der Waals surface area contributed by atoms with Gasteiger partial charge in [-0.3, -0.25) is 4.90 Å². The highest BCUT2D eigenvalue weighted by Gasteiger charge is 2.33. The molecule has 0 saturated carbocycles. The van der Waals surface area contributed by atoms with Gasteiger partial charge in [0.05, 0.1) is 6.07 Å². The van der Waals surface area contributed by atoms with Crippen LogP contribution in [0.3, 0.4) is 0 Å². The second-order valence-electron chi connectivity index (χ2n) is 5.14. The summed E-state index contributed by atoms with van der Waals surface area (Å²) in [4.78, 5) is 2.67. The molecule has 1 saturated heterocycles. The summed E-state index contributed by atoms with van der Waals surface area (Å²) < 4.78 is 0. The molecule has 0 amide bonds. The Labute approximate surface area is 98.9 Å². The minimum atomic E-state index is 0.734. The number of likely N-dealkylation sites (tertiary alicyclic amines) is 1. The number of nitriles is 1. The van der Waals surface area contributed by atoms with Crippen LogP contribution in [0.2, 0.25) is 0 Å². The molecule has 1 aliphatic carbocycles. The van der Waals surface area contributed by atoms with Crippen molar-refractivity contribution in [3.05, 3.63) is 11.6 Å². The molecule has 1 heterocycles. The second-order valence-corrected chi connectivity index (χ2v) is 5.14. The molecule has 0 aromatic rings. The molecule has 2 heteroatoms. The van der Waals surface area contributed by atoms with Crippen molar-refractivity contribution in [2.45, 2.75) is 51.5 Å². The van der Waals surface area contributed by atoms with Gasteiger partial charge in [-0.2, -0.15) is 5.26 Å². The number of allylic oxidation sites excluding steroid dienone is 1. The van der Waals surface area contributed by atoms with Crippen LogP contribution in [-0.4, -0.2) is 24.0 Å². The Morgan fingerprint density at radius 1 is 1.56 bits per heavy atom. The normalized spacial score (nSPS) is 30.4. The molecule has 88 valence electrons. The van der Waals surface area contributed by atoms with E-state index < -0.39 is 0 Å². The number of rotatable bonds is 3. The van der Waals surface area contributed by atoms with Crippen molar-refractivity contribution in [3.8, 4) is 6.07 Å². The molecule has 1 fully saturated rings. The molecule has 0 radical (unpaired) electrons. The minimum absolute atomic E-state index is 0.734. The fourth-order valence-corrected chi connectivity index (χ4v) is 3.15. The van der Waals surface area contributed by atoms with Gasteiger partial charge in [0.25, 0.3) is 0 Å². The highest BCUT2D eigenvalue weighted by atomic mass is 15.2. The van der Waals surface area contributed by atoms with E-state index in [2.05, 4.69) is 24.0 Å². The maximum atomic E-state index is 8.96. The zero-order chi connectivity index (χ0) is 11.4. The fraction of sp³-hybridized carbons (Fsp3) is 0.786. The summed E-state index contributed by atoms with van der Waals surface area (Å²) >= 11 is 0. The molecule has 2 rings (SSSR count). The zero-order valence-corrected chi connectivity index (χ0v) is 10.3. The third-order valence-corrected chi connectivity index (χ3v) is 4.06. The van der Waals surface area contributed by atoms with Gasteiger partial charge >= 0.3 is 0 Å². The molecule has 2 unspecified atom stereocenters. The maximum Gasteiger partial charge on any atom is 0.0943 e. The van der Waals surface area contributed by atoms with Gasteiger partial charge in [-0.1, -0.05) is 19.4 Å². The largest absolute Gasteiger partial charge is 0.300 e. The van der Waals surface area contributed by atoms with E-state index >= 15 is 0 Å². The number of hydrogen-bond donors (Lipinski definition) is 0. The van der Waals surface area contributed by atoms with Gasteiger partial charge in [0, 0.05) is 11.6 Å². The van der Waals surface area contributed by atoms with E-state index in [1.807, 2.05) is 0 Å². The third-order valence-electron chi connectivity index (χ3n) is 4.06.